The molecule has 0 heterocycles. The van der Waals surface area contributed by atoms with Gasteiger partial charge in [-0.05, 0) is 52.4 Å². The van der Waals surface area contributed by atoms with E-state index >= 15 is 0 Å². The summed E-state index contributed by atoms with van der Waals surface area (Å²) in [5.41, 5.74) is 2.03. The Hall–Kier alpha value is -0.810. The van der Waals surface area contributed by atoms with E-state index in [0.717, 1.165) is 22.5 Å². The number of hydrogen-bond donors (Lipinski definition) is 0. The molecule has 0 aliphatic rings. The molecule has 0 aliphatic heterocycles. The fourth-order valence-corrected chi connectivity index (χ4v) is 2.70. The van der Waals surface area contributed by atoms with E-state index in [1.165, 1.54) is 9.13 Å². The van der Waals surface area contributed by atoms with Gasteiger partial charge in [-0.2, -0.15) is 0 Å². The Bertz CT molecular complexity index is 508. The molecule has 2 aromatic rings. The summed E-state index contributed by atoms with van der Waals surface area (Å²) in [7, 11) is 0. The molecule has 2 rings (SSSR count). The standard InChI is InChI=1S/C14H11IOS/c15-13-6-4-11(5-7-13)10-17-14-3-1-2-12(8-14)9-16/h1-9H,10H2. The molecular formula is C14H11IOS. The highest BCUT2D eigenvalue weighted by Gasteiger charge is 1.98. The van der Waals surface area contributed by atoms with Crippen LogP contribution in [0.1, 0.15) is 15.9 Å². The van der Waals surface area contributed by atoms with Crippen LogP contribution >= 0.6 is 34.4 Å². The van der Waals surface area contributed by atoms with Gasteiger partial charge in [0.2, 0.25) is 0 Å². The Labute approximate surface area is 119 Å². The van der Waals surface area contributed by atoms with Crippen LogP contribution < -0.4 is 0 Å². The first-order valence-electron chi connectivity index (χ1n) is 5.20. The van der Waals surface area contributed by atoms with Crippen molar-refractivity contribution in [2.75, 3.05) is 0 Å². The van der Waals surface area contributed by atoms with Gasteiger partial charge in [0.05, 0.1) is 0 Å². The summed E-state index contributed by atoms with van der Waals surface area (Å²) < 4.78 is 1.25. The zero-order valence-electron chi connectivity index (χ0n) is 9.10. The fraction of sp³-hybridized carbons (Fsp3) is 0.0714. The predicted molar refractivity (Wildman–Crippen MR) is 80.5 cm³/mol. The maximum absolute atomic E-state index is 10.7. The molecule has 17 heavy (non-hydrogen) atoms. The number of benzene rings is 2. The summed E-state index contributed by atoms with van der Waals surface area (Å²) in [4.78, 5) is 11.8. The molecule has 2 aromatic carbocycles. The quantitative estimate of drug-likeness (QED) is 0.460. The fourth-order valence-electron chi connectivity index (χ4n) is 1.42. The second-order valence-corrected chi connectivity index (χ2v) is 5.90. The molecule has 0 radical (unpaired) electrons. The van der Waals surface area contributed by atoms with Gasteiger partial charge in [0.1, 0.15) is 6.29 Å². The van der Waals surface area contributed by atoms with Gasteiger partial charge in [-0.1, -0.05) is 24.3 Å². The minimum atomic E-state index is 0.734. The van der Waals surface area contributed by atoms with Crippen molar-refractivity contribution in [1.82, 2.24) is 0 Å². The van der Waals surface area contributed by atoms with Gasteiger partial charge in [-0.15, -0.1) is 11.8 Å². The molecule has 0 N–H and O–H groups in total. The van der Waals surface area contributed by atoms with E-state index in [1.807, 2.05) is 24.3 Å². The Balaban J connectivity index is 2.01. The van der Waals surface area contributed by atoms with Gasteiger partial charge in [0.25, 0.3) is 0 Å². The molecule has 0 unspecified atom stereocenters. The van der Waals surface area contributed by atoms with Crippen molar-refractivity contribution < 1.29 is 4.79 Å². The van der Waals surface area contributed by atoms with Crippen molar-refractivity contribution in [3.8, 4) is 0 Å². The van der Waals surface area contributed by atoms with Crippen molar-refractivity contribution >= 4 is 40.6 Å². The number of rotatable bonds is 4. The van der Waals surface area contributed by atoms with Gasteiger partial charge < -0.3 is 0 Å². The number of hydrogen-bond acceptors (Lipinski definition) is 2. The molecule has 0 aliphatic carbocycles. The van der Waals surface area contributed by atoms with Crippen molar-refractivity contribution in [3.63, 3.8) is 0 Å². The van der Waals surface area contributed by atoms with E-state index in [4.69, 9.17) is 0 Å². The SMILES string of the molecule is O=Cc1cccc(SCc2ccc(I)cc2)c1. The average Bonchev–Trinajstić information content (AvgIpc) is 2.38. The second kappa shape index (κ2) is 6.21. The van der Waals surface area contributed by atoms with Gasteiger partial charge >= 0.3 is 0 Å². The first kappa shape index (κ1) is 12.6. The van der Waals surface area contributed by atoms with E-state index in [9.17, 15) is 4.79 Å². The summed E-state index contributed by atoms with van der Waals surface area (Å²) >= 11 is 4.05. The summed E-state index contributed by atoms with van der Waals surface area (Å²) in [5, 5.41) is 0. The van der Waals surface area contributed by atoms with Crippen LogP contribution in [0.15, 0.2) is 53.4 Å². The van der Waals surface area contributed by atoms with Crippen molar-refractivity contribution in [2.45, 2.75) is 10.6 Å². The molecule has 0 saturated carbocycles. The molecule has 0 atom stereocenters. The maximum atomic E-state index is 10.7. The highest BCUT2D eigenvalue weighted by molar-refractivity contribution is 14.1. The molecule has 86 valence electrons. The van der Waals surface area contributed by atoms with Gasteiger partial charge in [-0.25, -0.2) is 0 Å². The normalized spacial score (nSPS) is 10.2. The first-order chi connectivity index (χ1) is 8.28. The lowest BCUT2D eigenvalue weighted by atomic mass is 10.2. The first-order valence-corrected chi connectivity index (χ1v) is 7.27. The zero-order chi connectivity index (χ0) is 12.1. The number of carbonyl (C=O) groups is 1. The maximum Gasteiger partial charge on any atom is 0.150 e. The van der Waals surface area contributed by atoms with E-state index in [-0.39, 0.29) is 0 Å². The summed E-state index contributed by atoms with van der Waals surface area (Å²) in [6.45, 7) is 0. The lowest BCUT2D eigenvalue weighted by Gasteiger charge is -2.03. The molecule has 0 aromatic heterocycles. The molecule has 1 nitrogen and oxygen atoms in total. The smallest absolute Gasteiger partial charge is 0.150 e. The molecule has 0 amide bonds. The van der Waals surface area contributed by atoms with Crippen LogP contribution in [-0.4, -0.2) is 6.29 Å². The minimum Gasteiger partial charge on any atom is -0.298 e. The van der Waals surface area contributed by atoms with Gasteiger partial charge in [-0.3, -0.25) is 4.79 Å². The molecule has 3 heteroatoms. The van der Waals surface area contributed by atoms with E-state index < -0.39 is 0 Å². The van der Waals surface area contributed by atoms with Crippen molar-refractivity contribution in [2.24, 2.45) is 0 Å². The molecule has 0 fully saturated rings. The number of thioether (sulfide) groups is 1. The third-order valence-electron chi connectivity index (χ3n) is 2.31. The summed E-state index contributed by atoms with van der Waals surface area (Å²) in [6, 6.07) is 16.2. The highest BCUT2D eigenvalue weighted by Crippen LogP contribution is 2.23. The molecule has 0 bridgehead atoms. The minimum absolute atomic E-state index is 0.734. The third kappa shape index (κ3) is 3.85. The number of aldehydes is 1. The van der Waals surface area contributed by atoms with Crippen LogP contribution in [0.25, 0.3) is 0 Å². The molecule has 0 spiro atoms. The monoisotopic (exact) mass is 354 g/mol. The average molecular weight is 354 g/mol. The van der Waals surface area contributed by atoms with Gasteiger partial charge in [0.15, 0.2) is 0 Å². The van der Waals surface area contributed by atoms with Crippen molar-refractivity contribution in [1.29, 1.82) is 0 Å². The Morgan fingerprint density at radius 1 is 1.12 bits per heavy atom. The van der Waals surface area contributed by atoms with E-state index in [0.29, 0.717) is 0 Å². The topological polar surface area (TPSA) is 17.1 Å². The molecular weight excluding hydrogens is 343 g/mol. The third-order valence-corrected chi connectivity index (χ3v) is 4.10. The Morgan fingerprint density at radius 3 is 2.59 bits per heavy atom. The van der Waals surface area contributed by atoms with Crippen LogP contribution in [-0.2, 0) is 5.75 Å². The Kier molecular flexibility index (Phi) is 4.62. The van der Waals surface area contributed by atoms with Crippen LogP contribution in [0, 0.1) is 3.57 Å². The predicted octanol–water partition coefficient (Wildman–Crippen LogP) is 4.40. The van der Waals surface area contributed by atoms with Crippen LogP contribution in [0.5, 0.6) is 0 Å². The summed E-state index contributed by atoms with van der Waals surface area (Å²) in [6.07, 6.45) is 0.884. The summed E-state index contributed by atoms with van der Waals surface area (Å²) in [5.74, 6) is 0.930. The van der Waals surface area contributed by atoms with Crippen LogP contribution in [0.2, 0.25) is 0 Å². The second-order valence-electron chi connectivity index (χ2n) is 3.61. The van der Waals surface area contributed by atoms with E-state index in [1.54, 1.807) is 11.8 Å². The molecule has 0 saturated heterocycles. The Morgan fingerprint density at radius 2 is 1.88 bits per heavy atom. The van der Waals surface area contributed by atoms with Crippen LogP contribution in [0.3, 0.4) is 0 Å². The van der Waals surface area contributed by atoms with Gasteiger partial charge in [0, 0.05) is 19.8 Å². The van der Waals surface area contributed by atoms with E-state index in [2.05, 4.69) is 46.9 Å². The zero-order valence-corrected chi connectivity index (χ0v) is 12.1. The largest absolute Gasteiger partial charge is 0.298 e. The lowest BCUT2D eigenvalue weighted by molar-refractivity contribution is 0.112. The number of carbonyl (C=O) groups excluding carboxylic acids is 1. The lowest BCUT2D eigenvalue weighted by Crippen LogP contribution is -1.83. The van der Waals surface area contributed by atoms with Crippen molar-refractivity contribution in [3.05, 3.63) is 63.2 Å². The number of halogens is 1. The van der Waals surface area contributed by atoms with Crippen LogP contribution in [0.4, 0.5) is 0 Å². The highest BCUT2D eigenvalue weighted by atomic mass is 127.